The average molecular weight is 269 g/mol. The van der Waals surface area contributed by atoms with E-state index in [0.717, 1.165) is 11.3 Å². The lowest BCUT2D eigenvalue weighted by atomic mass is 10.1. The molecule has 1 N–H and O–H groups in total. The molecular weight excluding hydrogens is 250 g/mol. The Labute approximate surface area is 119 Å². The number of hydrogen-bond acceptors (Lipinski definition) is 2. The molecule has 0 aliphatic heterocycles. The zero-order chi connectivity index (χ0) is 14.5. The van der Waals surface area contributed by atoms with Crippen LogP contribution in [0.25, 0.3) is 0 Å². The predicted molar refractivity (Wildman–Crippen MR) is 81.5 cm³/mol. The Balaban J connectivity index is 2.17. The fraction of sp³-hybridized carbons (Fsp3) is 0.235. The second-order valence-corrected chi connectivity index (χ2v) is 4.73. The third-order valence-electron chi connectivity index (χ3n) is 3.04. The Morgan fingerprint density at radius 2 is 1.95 bits per heavy atom. The predicted octanol–water partition coefficient (Wildman–Crippen LogP) is 3.95. The van der Waals surface area contributed by atoms with E-state index in [9.17, 15) is 4.79 Å². The van der Waals surface area contributed by atoms with Gasteiger partial charge >= 0.3 is 0 Å². The molecule has 0 spiro atoms. The maximum Gasteiger partial charge on any atom is 0.255 e. The van der Waals surface area contributed by atoms with Crippen LogP contribution in [-0.2, 0) is 0 Å². The number of aryl methyl sites for hydroxylation is 2. The number of hydrogen-bond donors (Lipinski definition) is 1. The van der Waals surface area contributed by atoms with Crippen molar-refractivity contribution in [3.8, 4) is 5.75 Å². The van der Waals surface area contributed by atoms with Gasteiger partial charge in [0.25, 0.3) is 5.91 Å². The van der Waals surface area contributed by atoms with Gasteiger partial charge in [0.05, 0.1) is 6.61 Å². The van der Waals surface area contributed by atoms with E-state index < -0.39 is 0 Å². The minimum absolute atomic E-state index is 0.126. The van der Waals surface area contributed by atoms with Crippen LogP contribution in [0.15, 0.2) is 42.5 Å². The summed E-state index contributed by atoms with van der Waals surface area (Å²) < 4.78 is 5.41. The van der Waals surface area contributed by atoms with Crippen LogP contribution in [0.4, 0.5) is 5.69 Å². The van der Waals surface area contributed by atoms with Gasteiger partial charge in [0, 0.05) is 11.3 Å². The summed E-state index contributed by atoms with van der Waals surface area (Å²) in [5.41, 5.74) is 3.66. The van der Waals surface area contributed by atoms with Crippen molar-refractivity contribution in [1.29, 1.82) is 0 Å². The van der Waals surface area contributed by atoms with Gasteiger partial charge in [0.15, 0.2) is 0 Å². The summed E-state index contributed by atoms with van der Waals surface area (Å²) in [4.78, 5) is 12.2. The van der Waals surface area contributed by atoms with Crippen LogP contribution in [0, 0.1) is 13.8 Å². The number of anilines is 1. The Morgan fingerprint density at radius 1 is 1.15 bits per heavy atom. The van der Waals surface area contributed by atoms with Gasteiger partial charge in [-0.25, -0.2) is 0 Å². The first-order valence-corrected chi connectivity index (χ1v) is 6.71. The largest absolute Gasteiger partial charge is 0.494 e. The summed E-state index contributed by atoms with van der Waals surface area (Å²) in [6.07, 6.45) is 0. The molecule has 0 aromatic heterocycles. The summed E-state index contributed by atoms with van der Waals surface area (Å²) in [5.74, 6) is 0.583. The van der Waals surface area contributed by atoms with Gasteiger partial charge in [-0.3, -0.25) is 4.79 Å². The molecule has 1 amide bonds. The standard InChI is InChI=1S/C17H19NO2/c1-4-20-15-7-5-6-14(11-15)17(19)18-16-9-8-12(2)10-13(16)3/h5-11H,4H2,1-3H3,(H,18,19). The highest BCUT2D eigenvalue weighted by Gasteiger charge is 2.08. The number of nitrogens with one attached hydrogen (secondary N) is 1. The van der Waals surface area contributed by atoms with Crippen molar-refractivity contribution in [3.63, 3.8) is 0 Å². The highest BCUT2D eigenvalue weighted by atomic mass is 16.5. The minimum Gasteiger partial charge on any atom is -0.494 e. The molecule has 0 unspecified atom stereocenters. The molecule has 0 saturated heterocycles. The van der Waals surface area contributed by atoms with Gasteiger partial charge in [-0.15, -0.1) is 0 Å². The van der Waals surface area contributed by atoms with Crippen molar-refractivity contribution in [1.82, 2.24) is 0 Å². The first-order valence-electron chi connectivity index (χ1n) is 6.71. The summed E-state index contributed by atoms with van der Waals surface area (Å²) in [6, 6.07) is 13.2. The van der Waals surface area contributed by atoms with Crippen LogP contribution in [0.5, 0.6) is 5.75 Å². The summed E-state index contributed by atoms with van der Waals surface area (Å²) in [5, 5.41) is 2.93. The second kappa shape index (κ2) is 6.24. The highest BCUT2D eigenvalue weighted by molar-refractivity contribution is 6.04. The lowest BCUT2D eigenvalue weighted by Crippen LogP contribution is -2.13. The molecule has 2 aromatic rings. The maximum atomic E-state index is 12.2. The zero-order valence-electron chi connectivity index (χ0n) is 12.1. The van der Waals surface area contributed by atoms with E-state index >= 15 is 0 Å². The molecule has 0 bridgehead atoms. The van der Waals surface area contributed by atoms with Crippen LogP contribution >= 0.6 is 0 Å². The van der Waals surface area contributed by atoms with Crippen molar-refractivity contribution in [2.75, 3.05) is 11.9 Å². The third-order valence-corrected chi connectivity index (χ3v) is 3.04. The van der Waals surface area contributed by atoms with E-state index in [0.29, 0.717) is 17.9 Å². The van der Waals surface area contributed by atoms with Crippen LogP contribution in [-0.4, -0.2) is 12.5 Å². The van der Waals surface area contributed by atoms with Crippen molar-refractivity contribution in [3.05, 3.63) is 59.2 Å². The molecule has 2 rings (SSSR count). The number of ether oxygens (including phenoxy) is 1. The third kappa shape index (κ3) is 3.38. The number of rotatable bonds is 4. The second-order valence-electron chi connectivity index (χ2n) is 4.73. The van der Waals surface area contributed by atoms with Crippen LogP contribution < -0.4 is 10.1 Å². The minimum atomic E-state index is -0.126. The van der Waals surface area contributed by atoms with Gasteiger partial charge in [-0.2, -0.15) is 0 Å². The molecule has 0 aliphatic rings. The van der Waals surface area contributed by atoms with E-state index in [1.807, 2.05) is 51.1 Å². The van der Waals surface area contributed by atoms with Gasteiger partial charge in [0.1, 0.15) is 5.75 Å². The lowest BCUT2D eigenvalue weighted by molar-refractivity contribution is 0.102. The van der Waals surface area contributed by atoms with E-state index in [4.69, 9.17) is 4.74 Å². The maximum absolute atomic E-state index is 12.2. The Morgan fingerprint density at radius 3 is 2.65 bits per heavy atom. The molecule has 0 saturated carbocycles. The van der Waals surface area contributed by atoms with Crippen molar-refractivity contribution < 1.29 is 9.53 Å². The number of carbonyl (C=O) groups excluding carboxylic acids is 1. The van der Waals surface area contributed by atoms with Crippen molar-refractivity contribution >= 4 is 11.6 Å². The van der Waals surface area contributed by atoms with Crippen LogP contribution in [0.3, 0.4) is 0 Å². The lowest BCUT2D eigenvalue weighted by Gasteiger charge is -2.10. The van der Waals surface area contributed by atoms with E-state index in [1.54, 1.807) is 12.1 Å². The van der Waals surface area contributed by atoms with E-state index in [2.05, 4.69) is 5.32 Å². The molecule has 2 aromatic carbocycles. The molecular formula is C17H19NO2. The average Bonchev–Trinajstić information content (AvgIpc) is 2.42. The van der Waals surface area contributed by atoms with Crippen molar-refractivity contribution in [2.45, 2.75) is 20.8 Å². The van der Waals surface area contributed by atoms with Crippen molar-refractivity contribution in [2.24, 2.45) is 0 Å². The van der Waals surface area contributed by atoms with Gasteiger partial charge in [0.2, 0.25) is 0 Å². The van der Waals surface area contributed by atoms with E-state index in [1.165, 1.54) is 5.56 Å². The fourth-order valence-electron chi connectivity index (χ4n) is 2.04. The number of benzene rings is 2. The Bertz CT molecular complexity index is 620. The molecule has 0 heterocycles. The molecule has 3 nitrogen and oxygen atoms in total. The normalized spacial score (nSPS) is 10.2. The Kier molecular flexibility index (Phi) is 4.41. The first-order chi connectivity index (χ1) is 9.60. The fourth-order valence-corrected chi connectivity index (χ4v) is 2.04. The van der Waals surface area contributed by atoms with E-state index in [-0.39, 0.29) is 5.91 Å². The monoisotopic (exact) mass is 269 g/mol. The Hall–Kier alpha value is -2.29. The van der Waals surface area contributed by atoms with Gasteiger partial charge in [-0.05, 0) is 50.6 Å². The molecule has 104 valence electrons. The SMILES string of the molecule is CCOc1cccc(C(=O)Nc2ccc(C)cc2C)c1. The smallest absolute Gasteiger partial charge is 0.255 e. The summed E-state index contributed by atoms with van der Waals surface area (Å²) in [6.45, 7) is 6.52. The molecule has 0 radical (unpaired) electrons. The summed E-state index contributed by atoms with van der Waals surface area (Å²) in [7, 11) is 0. The molecule has 20 heavy (non-hydrogen) atoms. The quantitative estimate of drug-likeness (QED) is 0.912. The summed E-state index contributed by atoms with van der Waals surface area (Å²) >= 11 is 0. The molecule has 3 heteroatoms. The zero-order valence-corrected chi connectivity index (χ0v) is 12.1. The molecule has 0 fully saturated rings. The van der Waals surface area contributed by atoms with Gasteiger partial charge < -0.3 is 10.1 Å². The first kappa shape index (κ1) is 14.1. The number of carbonyl (C=O) groups is 1. The molecule has 0 aliphatic carbocycles. The van der Waals surface area contributed by atoms with Crippen LogP contribution in [0.1, 0.15) is 28.4 Å². The molecule has 0 atom stereocenters. The van der Waals surface area contributed by atoms with Crippen LogP contribution in [0.2, 0.25) is 0 Å². The highest BCUT2D eigenvalue weighted by Crippen LogP contribution is 2.19. The van der Waals surface area contributed by atoms with Gasteiger partial charge in [-0.1, -0.05) is 23.8 Å². The topological polar surface area (TPSA) is 38.3 Å². The number of amides is 1.